The molecule has 0 fully saturated rings. The monoisotopic (exact) mass is 831 g/mol. The molecule has 20 nitrogen and oxygen atoms in total. The SMILES string of the molecule is BNC(=O)C[C@@H](NC(=O)CCCCCNC(=O)CN(CC(=O)NCCCCCC(=O)N[C@H](CC(=O)NB)C(=O)NB)CC(=O)NCCCCCC(=O)C(C)C)C(=O)NB. The number of carbonyl (C=O) groups excluding carboxylic acids is 10. The third-order valence-corrected chi connectivity index (χ3v) is 9.11. The van der Waals surface area contributed by atoms with E-state index in [1.54, 1.807) is 0 Å². The molecule has 0 spiro atoms. The zero-order valence-electron chi connectivity index (χ0n) is 35.9. The summed E-state index contributed by atoms with van der Waals surface area (Å²) in [4.78, 5) is 124. The van der Waals surface area contributed by atoms with Gasteiger partial charge in [0.2, 0.25) is 85.1 Å². The van der Waals surface area contributed by atoms with Crippen molar-refractivity contribution in [3.8, 4) is 0 Å². The summed E-state index contributed by atoms with van der Waals surface area (Å²) in [6, 6.07) is -1.98. The van der Waals surface area contributed by atoms with Crippen LogP contribution in [-0.2, 0) is 47.9 Å². The summed E-state index contributed by atoms with van der Waals surface area (Å²) in [5.74, 6) is -3.45. The summed E-state index contributed by atoms with van der Waals surface area (Å²) in [6.07, 6.45) is 5.77. The third kappa shape index (κ3) is 28.2. The molecule has 328 valence electrons. The number of nitrogens with zero attached hydrogens (tertiary/aromatic N) is 1. The fourth-order valence-electron chi connectivity index (χ4n) is 5.57. The fraction of sp³-hybridized carbons (Fsp3) is 0.714. The first kappa shape index (κ1) is 54.1. The van der Waals surface area contributed by atoms with Crippen LogP contribution in [0.1, 0.15) is 104 Å². The van der Waals surface area contributed by atoms with Crippen molar-refractivity contribution in [1.29, 1.82) is 0 Å². The summed E-state index contributed by atoms with van der Waals surface area (Å²) in [7, 11) is 5.70. The molecular weight excluding hydrogens is 764 g/mol. The van der Waals surface area contributed by atoms with Gasteiger partial charge in [0, 0.05) is 44.8 Å². The average Bonchev–Trinajstić information content (AvgIpc) is 3.19. The molecular formula is C35H66B4N10O10. The quantitative estimate of drug-likeness (QED) is 0.0222. The van der Waals surface area contributed by atoms with Crippen molar-refractivity contribution < 1.29 is 47.9 Å². The van der Waals surface area contributed by atoms with E-state index in [0.717, 1.165) is 12.8 Å². The van der Waals surface area contributed by atoms with Gasteiger partial charge in [-0.05, 0) is 38.5 Å². The van der Waals surface area contributed by atoms with Gasteiger partial charge in [0.25, 0.3) is 0 Å². The number of Topliss-reactive ketones (excluding diaryl/α,β-unsaturated/α-hetero) is 1. The number of unbranched alkanes of at least 4 members (excludes halogenated alkanes) is 6. The Bertz CT molecular complexity index is 1320. The molecule has 0 bridgehead atoms. The second-order valence-electron chi connectivity index (χ2n) is 14.5. The van der Waals surface area contributed by atoms with Crippen LogP contribution < -0.4 is 47.5 Å². The Morgan fingerprint density at radius 1 is 0.424 bits per heavy atom. The number of hydrogen-bond acceptors (Lipinski definition) is 11. The normalized spacial score (nSPS) is 11.7. The summed E-state index contributed by atoms with van der Waals surface area (Å²) in [6.45, 7) is 4.05. The number of rotatable bonds is 33. The minimum atomic E-state index is -0.990. The van der Waals surface area contributed by atoms with E-state index in [9.17, 15) is 47.9 Å². The second-order valence-corrected chi connectivity index (χ2v) is 14.5. The van der Waals surface area contributed by atoms with Crippen molar-refractivity contribution in [2.45, 2.75) is 116 Å². The van der Waals surface area contributed by atoms with Crippen molar-refractivity contribution in [2.24, 2.45) is 5.92 Å². The third-order valence-electron chi connectivity index (χ3n) is 9.11. The molecule has 59 heavy (non-hydrogen) atoms. The second kappa shape index (κ2) is 33.0. The Morgan fingerprint density at radius 3 is 1.07 bits per heavy atom. The lowest BCUT2D eigenvalue weighted by molar-refractivity contribution is -0.130. The lowest BCUT2D eigenvalue weighted by Crippen LogP contribution is -2.48. The maximum absolute atomic E-state index is 12.8. The first-order valence-electron chi connectivity index (χ1n) is 20.5. The topological polar surface area (TPSA) is 282 Å². The maximum Gasteiger partial charge on any atom is 0.234 e. The molecule has 0 unspecified atom stereocenters. The van der Waals surface area contributed by atoms with E-state index in [-0.39, 0.29) is 86.6 Å². The molecule has 9 N–H and O–H groups in total. The van der Waals surface area contributed by atoms with Gasteiger partial charge in [-0.25, -0.2) is 0 Å². The predicted molar refractivity (Wildman–Crippen MR) is 231 cm³/mol. The largest absolute Gasteiger partial charge is 0.406 e. The van der Waals surface area contributed by atoms with Gasteiger partial charge in [0.05, 0.1) is 32.5 Å². The van der Waals surface area contributed by atoms with Crippen LogP contribution in [0.3, 0.4) is 0 Å². The van der Waals surface area contributed by atoms with Crippen molar-refractivity contribution >= 4 is 90.9 Å². The standard InChI is InChI=1S/C35H66B4N10O10/c1-23(2)26(50)12-6-3-9-15-40-31(55)20-49(21-32(56)41-16-10-4-7-13-27(51)43-24(34(58)47-38)18-29(53)45-36)22-33(57)42-17-11-5-8-14-28(52)44-25(35(59)48-39)19-30(54)46-37/h23-25H,3-22,36-39H2,1-2H3,(H,40,55)(H,41,56)(H,42,57)(H,43,51)(H,44,52)(H,45,53)(H,46,54)(H,47,58)(H,48,59)/t24-,25-/m1/s1. The van der Waals surface area contributed by atoms with Gasteiger partial charge in [-0.1, -0.05) is 33.1 Å². The van der Waals surface area contributed by atoms with E-state index in [1.165, 1.54) is 36.8 Å². The Balaban J connectivity index is 4.91. The Kier molecular flexibility index (Phi) is 30.3. The summed E-state index contributed by atoms with van der Waals surface area (Å²) < 4.78 is 0. The molecule has 2 atom stereocenters. The number of ketones is 1. The molecule has 0 aliphatic carbocycles. The zero-order valence-corrected chi connectivity index (χ0v) is 35.9. The smallest absolute Gasteiger partial charge is 0.234 e. The van der Waals surface area contributed by atoms with Gasteiger partial charge in [0.1, 0.15) is 17.9 Å². The van der Waals surface area contributed by atoms with Gasteiger partial charge in [0.15, 0.2) is 0 Å². The zero-order chi connectivity index (χ0) is 44.6. The van der Waals surface area contributed by atoms with Gasteiger partial charge in [-0.2, -0.15) is 0 Å². The van der Waals surface area contributed by atoms with Crippen LogP contribution in [0.25, 0.3) is 0 Å². The predicted octanol–water partition coefficient (Wildman–Crippen LogP) is -6.05. The van der Waals surface area contributed by atoms with Crippen molar-refractivity contribution in [3.63, 3.8) is 0 Å². The Hall–Kier alpha value is -4.88. The van der Waals surface area contributed by atoms with Gasteiger partial charge in [-0.15, -0.1) is 0 Å². The van der Waals surface area contributed by atoms with Gasteiger partial charge in [-0.3, -0.25) is 52.8 Å². The van der Waals surface area contributed by atoms with Crippen molar-refractivity contribution in [2.75, 3.05) is 39.3 Å². The number of amides is 9. The molecule has 0 heterocycles. The van der Waals surface area contributed by atoms with Crippen LogP contribution in [0, 0.1) is 5.92 Å². The van der Waals surface area contributed by atoms with Crippen LogP contribution in [0.2, 0.25) is 0 Å². The lowest BCUT2D eigenvalue weighted by atomic mass is 10.0. The summed E-state index contributed by atoms with van der Waals surface area (Å²) >= 11 is 0. The van der Waals surface area contributed by atoms with E-state index in [1.807, 2.05) is 13.8 Å². The highest BCUT2D eigenvalue weighted by Gasteiger charge is 2.23. The lowest BCUT2D eigenvalue weighted by Gasteiger charge is -2.21. The molecule has 0 saturated heterocycles. The van der Waals surface area contributed by atoms with Crippen molar-refractivity contribution in [3.05, 3.63) is 0 Å². The highest BCUT2D eigenvalue weighted by atomic mass is 16.2. The minimum Gasteiger partial charge on any atom is -0.406 e. The maximum atomic E-state index is 12.8. The Morgan fingerprint density at radius 2 is 0.763 bits per heavy atom. The molecule has 0 radical (unpaired) electrons. The summed E-state index contributed by atoms with van der Waals surface area (Å²) in [5, 5.41) is 23.2. The van der Waals surface area contributed by atoms with Crippen LogP contribution in [0.5, 0.6) is 0 Å². The van der Waals surface area contributed by atoms with Gasteiger partial charge >= 0.3 is 0 Å². The number of nitrogens with one attached hydrogen (secondary N) is 9. The highest BCUT2D eigenvalue weighted by molar-refractivity contribution is 6.18. The summed E-state index contributed by atoms with van der Waals surface area (Å²) in [5.41, 5.74) is 0. The van der Waals surface area contributed by atoms with E-state index in [2.05, 4.69) is 47.5 Å². The molecule has 0 aromatic carbocycles. The minimum absolute atomic E-state index is 0.0101. The molecule has 0 aromatic heterocycles. The van der Waals surface area contributed by atoms with E-state index >= 15 is 0 Å². The molecule has 0 aliphatic heterocycles. The van der Waals surface area contributed by atoms with E-state index < -0.39 is 35.7 Å². The van der Waals surface area contributed by atoms with Crippen LogP contribution in [0.15, 0.2) is 0 Å². The highest BCUT2D eigenvalue weighted by Crippen LogP contribution is 2.06. The van der Waals surface area contributed by atoms with Crippen LogP contribution in [0.4, 0.5) is 0 Å². The molecule has 0 aromatic rings. The molecule has 9 amide bonds. The van der Waals surface area contributed by atoms with Crippen LogP contribution in [-0.4, -0.2) is 147 Å². The fourth-order valence-corrected chi connectivity index (χ4v) is 5.57. The van der Waals surface area contributed by atoms with E-state index in [4.69, 9.17) is 0 Å². The van der Waals surface area contributed by atoms with Gasteiger partial charge < -0.3 is 47.5 Å². The first-order valence-corrected chi connectivity index (χ1v) is 20.5. The number of hydrogen-bond donors (Lipinski definition) is 9. The molecule has 0 aliphatic rings. The molecule has 0 rings (SSSR count). The molecule has 24 heteroatoms. The van der Waals surface area contributed by atoms with Crippen molar-refractivity contribution in [1.82, 2.24) is 52.4 Å². The Labute approximate surface area is 351 Å². The molecule has 0 saturated carbocycles. The first-order chi connectivity index (χ1) is 28.1. The van der Waals surface area contributed by atoms with E-state index in [0.29, 0.717) is 71.0 Å². The van der Waals surface area contributed by atoms with Crippen LogP contribution >= 0.6 is 0 Å². The average molecular weight is 830 g/mol. The number of carbonyl (C=O) groups is 10.